The summed E-state index contributed by atoms with van der Waals surface area (Å²) in [7, 11) is 0. The molecule has 0 saturated heterocycles. The number of hydrogen-bond donors (Lipinski definition) is 1. The van der Waals surface area contributed by atoms with E-state index in [4.69, 9.17) is 10.5 Å². The minimum Gasteiger partial charge on any atom is -0.493 e. The third kappa shape index (κ3) is 3.04. The minimum absolute atomic E-state index is 0.208. The smallest absolute Gasteiger partial charge is 0.122 e. The van der Waals surface area contributed by atoms with E-state index in [9.17, 15) is 0 Å². The van der Waals surface area contributed by atoms with E-state index in [1.54, 1.807) is 0 Å². The lowest BCUT2D eigenvalue weighted by Crippen LogP contribution is -2.18. The van der Waals surface area contributed by atoms with Gasteiger partial charge in [0.2, 0.25) is 0 Å². The Morgan fingerprint density at radius 2 is 2.07 bits per heavy atom. The van der Waals surface area contributed by atoms with Crippen LogP contribution in [0.4, 0.5) is 0 Å². The summed E-state index contributed by atoms with van der Waals surface area (Å²) < 4.78 is 5.65. The highest BCUT2D eigenvalue weighted by Crippen LogP contribution is 2.20. The lowest BCUT2D eigenvalue weighted by molar-refractivity contribution is 0.299. The van der Waals surface area contributed by atoms with E-state index < -0.39 is 0 Å². The number of nitrogens with two attached hydrogens (primary N) is 1. The second-order valence-corrected chi connectivity index (χ2v) is 3.81. The van der Waals surface area contributed by atoms with Crippen molar-refractivity contribution in [2.24, 2.45) is 5.73 Å². The van der Waals surface area contributed by atoms with Crippen LogP contribution in [0.3, 0.4) is 0 Å². The van der Waals surface area contributed by atoms with E-state index >= 15 is 0 Å². The van der Waals surface area contributed by atoms with Crippen LogP contribution >= 0.6 is 0 Å². The van der Waals surface area contributed by atoms with Crippen molar-refractivity contribution in [3.05, 3.63) is 29.3 Å². The van der Waals surface area contributed by atoms with Gasteiger partial charge in [-0.1, -0.05) is 12.1 Å². The summed E-state index contributed by atoms with van der Waals surface area (Å²) in [5, 5.41) is 0. The summed E-state index contributed by atoms with van der Waals surface area (Å²) in [5.74, 6) is 0.977. The molecule has 0 amide bonds. The molecule has 0 aliphatic heterocycles. The van der Waals surface area contributed by atoms with Crippen LogP contribution in [0.2, 0.25) is 0 Å². The first-order valence-corrected chi connectivity index (χ1v) is 5.06. The van der Waals surface area contributed by atoms with E-state index in [0.29, 0.717) is 6.61 Å². The monoisotopic (exact) mass is 193 g/mol. The van der Waals surface area contributed by atoms with Crippen molar-refractivity contribution in [3.8, 4) is 5.75 Å². The van der Waals surface area contributed by atoms with E-state index in [-0.39, 0.29) is 6.04 Å². The maximum atomic E-state index is 5.65. The number of hydrogen-bond acceptors (Lipinski definition) is 2. The SMILES string of the molecule is Cc1cccc(OCCC(C)N)c1C. The molecule has 14 heavy (non-hydrogen) atoms. The fraction of sp³-hybridized carbons (Fsp3) is 0.500. The Balaban J connectivity index is 2.54. The molecule has 2 N–H and O–H groups in total. The molecule has 1 aromatic carbocycles. The van der Waals surface area contributed by atoms with Gasteiger partial charge in [0.1, 0.15) is 5.75 Å². The minimum atomic E-state index is 0.208. The Morgan fingerprint density at radius 1 is 1.36 bits per heavy atom. The standard InChI is InChI=1S/C12H19NO/c1-9-5-4-6-12(11(9)3)14-8-7-10(2)13/h4-6,10H,7-8,13H2,1-3H3. The molecule has 0 bridgehead atoms. The van der Waals surface area contributed by atoms with Crippen LogP contribution in [0.5, 0.6) is 5.75 Å². The number of rotatable bonds is 4. The lowest BCUT2D eigenvalue weighted by Gasteiger charge is -2.11. The number of benzene rings is 1. The van der Waals surface area contributed by atoms with Crippen molar-refractivity contribution in [1.82, 2.24) is 0 Å². The molecule has 0 saturated carbocycles. The molecule has 0 aliphatic carbocycles. The van der Waals surface area contributed by atoms with Crippen molar-refractivity contribution >= 4 is 0 Å². The summed E-state index contributed by atoms with van der Waals surface area (Å²) in [6.45, 7) is 6.86. The molecule has 0 fully saturated rings. The van der Waals surface area contributed by atoms with Crippen LogP contribution in [-0.4, -0.2) is 12.6 Å². The summed E-state index contributed by atoms with van der Waals surface area (Å²) in [5.41, 5.74) is 8.13. The zero-order valence-electron chi connectivity index (χ0n) is 9.21. The second kappa shape index (κ2) is 5.01. The van der Waals surface area contributed by atoms with E-state index in [1.165, 1.54) is 11.1 Å². The highest BCUT2D eigenvalue weighted by molar-refractivity contribution is 5.38. The molecular weight excluding hydrogens is 174 g/mol. The topological polar surface area (TPSA) is 35.2 Å². The van der Waals surface area contributed by atoms with Crippen molar-refractivity contribution in [2.75, 3.05) is 6.61 Å². The van der Waals surface area contributed by atoms with Crippen molar-refractivity contribution < 1.29 is 4.74 Å². The summed E-state index contributed by atoms with van der Waals surface area (Å²) in [6.07, 6.45) is 0.896. The molecule has 2 nitrogen and oxygen atoms in total. The maximum Gasteiger partial charge on any atom is 0.122 e. The molecule has 1 rings (SSSR count). The van der Waals surface area contributed by atoms with Gasteiger partial charge in [-0.3, -0.25) is 0 Å². The molecular formula is C12H19NO. The lowest BCUT2D eigenvalue weighted by atomic mass is 10.1. The Hall–Kier alpha value is -1.02. The first-order chi connectivity index (χ1) is 6.61. The van der Waals surface area contributed by atoms with Gasteiger partial charge in [-0.25, -0.2) is 0 Å². The first-order valence-electron chi connectivity index (χ1n) is 5.06. The van der Waals surface area contributed by atoms with E-state index in [0.717, 1.165) is 12.2 Å². The first kappa shape index (κ1) is 11.1. The molecule has 0 radical (unpaired) electrons. The third-order valence-electron chi connectivity index (χ3n) is 2.39. The van der Waals surface area contributed by atoms with Gasteiger partial charge < -0.3 is 10.5 Å². The molecule has 1 atom stereocenters. The summed E-state index contributed by atoms with van der Waals surface area (Å²) >= 11 is 0. The largest absolute Gasteiger partial charge is 0.493 e. The van der Waals surface area contributed by atoms with Gasteiger partial charge in [-0.15, -0.1) is 0 Å². The molecule has 0 aromatic heterocycles. The maximum absolute atomic E-state index is 5.65. The van der Waals surface area contributed by atoms with E-state index in [2.05, 4.69) is 19.9 Å². The number of aryl methyl sites for hydroxylation is 1. The zero-order chi connectivity index (χ0) is 10.6. The van der Waals surface area contributed by atoms with Crippen LogP contribution < -0.4 is 10.5 Å². The Bertz CT molecular complexity index is 294. The van der Waals surface area contributed by atoms with Gasteiger partial charge in [-0.05, 0) is 44.4 Å². The molecule has 78 valence electrons. The predicted octanol–water partition coefficient (Wildman–Crippen LogP) is 2.42. The average molecular weight is 193 g/mol. The third-order valence-corrected chi connectivity index (χ3v) is 2.39. The van der Waals surface area contributed by atoms with Gasteiger partial charge in [0.15, 0.2) is 0 Å². The predicted molar refractivity (Wildman–Crippen MR) is 59.7 cm³/mol. The summed E-state index contributed by atoms with van der Waals surface area (Å²) in [6, 6.07) is 6.32. The highest BCUT2D eigenvalue weighted by Gasteiger charge is 2.01. The van der Waals surface area contributed by atoms with Crippen LogP contribution in [-0.2, 0) is 0 Å². The molecule has 0 heterocycles. The molecule has 2 heteroatoms. The Labute approximate surface area is 86.1 Å². The van der Waals surface area contributed by atoms with Gasteiger partial charge in [0.25, 0.3) is 0 Å². The van der Waals surface area contributed by atoms with E-state index in [1.807, 2.05) is 19.1 Å². The number of ether oxygens (including phenoxy) is 1. The van der Waals surface area contributed by atoms with Crippen LogP contribution in [0.25, 0.3) is 0 Å². The second-order valence-electron chi connectivity index (χ2n) is 3.81. The normalized spacial score (nSPS) is 12.6. The van der Waals surface area contributed by atoms with Gasteiger partial charge in [0.05, 0.1) is 6.61 Å². The van der Waals surface area contributed by atoms with Gasteiger partial charge in [-0.2, -0.15) is 0 Å². The van der Waals surface area contributed by atoms with Crippen molar-refractivity contribution in [2.45, 2.75) is 33.2 Å². The summed E-state index contributed by atoms with van der Waals surface area (Å²) in [4.78, 5) is 0. The average Bonchev–Trinajstić information content (AvgIpc) is 2.12. The van der Waals surface area contributed by atoms with Crippen molar-refractivity contribution in [1.29, 1.82) is 0 Å². The molecule has 1 unspecified atom stereocenters. The fourth-order valence-corrected chi connectivity index (χ4v) is 1.24. The zero-order valence-corrected chi connectivity index (χ0v) is 9.21. The van der Waals surface area contributed by atoms with Crippen LogP contribution in [0, 0.1) is 13.8 Å². The van der Waals surface area contributed by atoms with Crippen LogP contribution in [0.15, 0.2) is 18.2 Å². The Kier molecular flexibility index (Phi) is 3.96. The van der Waals surface area contributed by atoms with Gasteiger partial charge in [0, 0.05) is 6.04 Å². The Morgan fingerprint density at radius 3 is 2.71 bits per heavy atom. The fourth-order valence-electron chi connectivity index (χ4n) is 1.24. The molecule has 0 aliphatic rings. The van der Waals surface area contributed by atoms with Crippen LogP contribution in [0.1, 0.15) is 24.5 Å². The van der Waals surface area contributed by atoms with Gasteiger partial charge >= 0.3 is 0 Å². The molecule has 1 aromatic rings. The highest BCUT2D eigenvalue weighted by atomic mass is 16.5. The quantitative estimate of drug-likeness (QED) is 0.797. The van der Waals surface area contributed by atoms with Crippen molar-refractivity contribution in [3.63, 3.8) is 0 Å². The molecule has 0 spiro atoms.